The van der Waals surface area contributed by atoms with Crippen LogP contribution >= 0.6 is 0 Å². The predicted molar refractivity (Wildman–Crippen MR) is 61.8 cm³/mol. The van der Waals surface area contributed by atoms with E-state index in [1.807, 2.05) is 0 Å². The maximum atomic E-state index is 11.6. The van der Waals surface area contributed by atoms with Crippen molar-refractivity contribution in [1.82, 2.24) is 0 Å². The average molecular weight is 254 g/mol. The lowest BCUT2D eigenvalue weighted by Crippen LogP contribution is -2.25. The van der Waals surface area contributed by atoms with Gasteiger partial charge in [0.25, 0.3) is 0 Å². The first kappa shape index (κ1) is 13.8. The van der Waals surface area contributed by atoms with Gasteiger partial charge in [-0.25, -0.2) is 4.79 Å². The van der Waals surface area contributed by atoms with Crippen molar-refractivity contribution in [3.63, 3.8) is 0 Å². The fourth-order valence-electron chi connectivity index (χ4n) is 1.05. The Labute approximate surface area is 103 Å². The van der Waals surface area contributed by atoms with E-state index in [-0.39, 0.29) is 11.3 Å². The molecule has 0 fully saturated rings. The summed E-state index contributed by atoms with van der Waals surface area (Å²) in [6.07, 6.45) is 0. The molecule has 0 atom stereocenters. The van der Waals surface area contributed by atoms with Crippen LogP contribution in [0.15, 0.2) is 12.1 Å². The highest BCUT2D eigenvalue weighted by Gasteiger charge is 2.26. The normalized spacial score (nSPS) is 11.1. The summed E-state index contributed by atoms with van der Waals surface area (Å²) in [6.45, 7) is 4.81. The van der Waals surface area contributed by atoms with Gasteiger partial charge in [0, 0.05) is 0 Å². The Morgan fingerprint density at radius 1 is 1.17 bits per heavy atom. The second kappa shape index (κ2) is 4.56. The predicted octanol–water partition coefficient (Wildman–Crippen LogP) is 1.75. The second-order valence-electron chi connectivity index (χ2n) is 4.79. The van der Waals surface area contributed by atoms with Crippen LogP contribution in [0.3, 0.4) is 0 Å². The van der Waals surface area contributed by atoms with E-state index in [0.717, 1.165) is 12.1 Å². The zero-order chi connectivity index (χ0) is 14.1. The maximum Gasteiger partial charge on any atom is 0.335 e. The second-order valence-corrected chi connectivity index (χ2v) is 4.79. The number of aromatic carboxylic acids is 1. The molecule has 0 aliphatic rings. The molecule has 0 aliphatic carbocycles. The van der Waals surface area contributed by atoms with Gasteiger partial charge in [-0.1, -0.05) is 0 Å². The minimum absolute atomic E-state index is 0.290. The quantitative estimate of drug-likeness (QED) is 0.422. The van der Waals surface area contributed by atoms with Crippen molar-refractivity contribution in [2.24, 2.45) is 5.41 Å². The van der Waals surface area contributed by atoms with Crippen LogP contribution in [0.1, 0.15) is 31.1 Å². The fraction of sp³-hybridized carbons (Fsp3) is 0.333. The number of hydrogen-bond donors (Lipinski definition) is 3. The van der Waals surface area contributed by atoms with Crippen molar-refractivity contribution in [2.45, 2.75) is 20.8 Å². The smallest absolute Gasteiger partial charge is 0.335 e. The number of esters is 1. The molecule has 1 aromatic rings. The van der Waals surface area contributed by atoms with E-state index < -0.39 is 28.9 Å². The summed E-state index contributed by atoms with van der Waals surface area (Å²) >= 11 is 0. The summed E-state index contributed by atoms with van der Waals surface area (Å²) in [7, 11) is 0. The van der Waals surface area contributed by atoms with Crippen LogP contribution in [0.5, 0.6) is 17.2 Å². The number of benzene rings is 1. The van der Waals surface area contributed by atoms with Gasteiger partial charge in [0.15, 0.2) is 11.5 Å². The summed E-state index contributed by atoms with van der Waals surface area (Å²) in [5.74, 6) is -3.67. The molecule has 0 saturated carbocycles. The first-order chi connectivity index (χ1) is 8.12. The van der Waals surface area contributed by atoms with Gasteiger partial charge in [0.05, 0.1) is 11.0 Å². The number of hydrogen-bond acceptors (Lipinski definition) is 5. The standard InChI is InChI=1S/C12H14O6/c1-12(2,3)11(17)18-8-5-6(10(15)16)4-7(13)9(8)14/h4-5,13-14H,1-3H3,(H,15,16). The van der Waals surface area contributed by atoms with Crippen molar-refractivity contribution in [2.75, 3.05) is 0 Å². The Kier molecular flexibility index (Phi) is 3.50. The van der Waals surface area contributed by atoms with Crippen molar-refractivity contribution < 1.29 is 29.6 Å². The van der Waals surface area contributed by atoms with E-state index in [1.54, 1.807) is 20.8 Å². The molecule has 0 bridgehead atoms. The first-order valence-electron chi connectivity index (χ1n) is 5.14. The molecule has 6 heteroatoms. The Morgan fingerprint density at radius 2 is 1.72 bits per heavy atom. The summed E-state index contributed by atoms with van der Waals surface area (Å²) < 4.78 is 4.87. The Hall–Kier alpha value is -2.24. The van der Waals surface area contributed by atoms with Crippen LogP contribution < -0.4 is 4.74 Å². The number of carbonyl (C=O) groups excluding carboxylic acids is 1. The highest BCUT2D eigenvalue weighted by molar-refractivity contribution is 5.90. The van der Waals surface area contributed by atoms with Gasteiger partial charge in [0.2, 0.25) is 5.75 Å². The molecule has 18 heavy (non-hydrogen) atoms. The molecule has 98 valence electrons. The van der Waals surface area contributed by atoms with E-state index in [4.69, 9.17) is 9.84 Å². The average Bonchev–Trinajstić information content (AvgIpc) is 2.22. The summed E-state index contributed by atoms with van der Waals surface area (Å²) in [4.78, 5) is 22.4. The van der Waals surface area contributed by atoms with Crippen molar-refractivity contribution >= 4 is 11.9 Å². The highest BCUT2D eigenvalue weighted by atomic mass is 16.5. The number of ether oxygens (including phenoxy) is 1. The molecule has 0 radical (unpaired) electrons. The van der Waals surface area contributed by atoms with Crippen LogP contribution in [0.25, 0.3) is 0 Å². The lowest BCUT2D eigenvalue weighted by atomic mass is 9.97. The SMILES string of the molecule is CC(C)(C)C(=O)Oc1cc(C(=O)O)cc(O)c1O. The summed E-state index contributed by atoms with van der Waals surface area (Å²) in [6, 6.07) is 1.84. The van der Waals surface area contributed by atoms with Crippen LogP contribution in [0, 0.1) is 5.41 Å². The van der Waals surface area contributed by atoms with E-state index in [9.17, 15) is 19.8 Å². The zero-order valence-corrected chi connectivity index (χ0v) is 10.2. The van der Waals surface area contributed by atoms with Crippen molar-refractivity contribution in [3.05, 3.63) is 17.7 Å². The van der Waals surface area contributed by atoms with Gasteiger partial charge in [0.1, 0.15) is 0 Å². The van der Waals surface area contributed by atoms with E-state index in [2.05, 4.69) is 0 Å². The Morgan fingerprint density at radius 3 is 2.17 bits per heavy atom. The first-order valence-corrected chi connectivity index (χ1v) is 5.14. The molecular formula is C12H14O6. The molecule has 1 aromatic carbocycles. The largest absolute Gasteiger partial charge is 0.504 e. The van der Waals surface area contributed by atoms with Crippen molar-refractivity contribution in [1.29, 1.82) is 0 Å². The van der Waals surface area contributed by atoms with E-state index in [0.29, 0.717) is 0 Å². The number of phenolic OH excluding ortho intramolecular Hbond substituents is 2. The Balaban J connectivity index is 3.17. The fourth-order valence-corrected chi connectivity index (χ4v) is 1.05. The number of aromatic hydroxyl groups is 2. The third-order valence-electron chi connectivity index (χ3n) is 2.12. The maximum absolute atomic E-state index is 11.6. The molecule has 0 heterocycles. The van der Waals surface area contributed by atoms with Gasteiger partial charge < -0.3 is 20.1 Å². The number of rotatable bonds is 2. The van der Waals surface area contributed by atoms with E-state index in [1.165, 1.54) is 0 Å². The molecule has 6 nitrogen and oxygen atoms in total. The van der Waals surface area contributed by atoms with Gasteiger partial charge in [-0.15, -0.1) is 0 Å². The van der Waals surface area contributed by atoms with Gasteiger partial charge in [-0.05, 0) is 32.9 Å². The van der Waals surface area contributed by atoms with Crippen molar-refractivity contribution in [3.8, 4) is 17.2 Å². The van der Waals surface area contributed by atoms with Crippen LogP contribution in [-0.4, -0.2) is 27.3 Å². The van der Waals surface area contributed by atoms with Crippen LogP contribution in [0.4, 0.5) is 0 Å². The number of carboxylic acids is 1. The molecule has 0 amide bonds. The zero-order valence-electron chi connectivity index (χ0n) is 10.2. The minimum atomic E-state index is -1.31. The topological polar surface area (TPSA) is 104 Å². The molecule has 1 rings (SSSR count). The number of phenols is 2. The highest BCUT2D eigenvalue weighted by Crippen LogP contribution is 2.37. The number of carboxylic acid groups (broad SMARTS) is 1. The lowest BCUT2D eigenvalue weighted by molar-refractivity contribution is -0.143. The molecule has 0 aliphatic heterocycles. The molecule has 3 N–H and O–H groups in total. The lowest BCUT2D eigenvalue weighted by Gasteiger charge is -2.17. The van der Waals surface area contributed by atoms with Gasteiger partial charge >= 0.3 is 11.9 Å². The molecular weight excluding hydrogens is 240 g/mol. The third-order valence-corrected chi connectivity index (χ3v) is 2.12. The molecule has 0 spiro atoms. The minimum Gasteiger partial charge on any atom is -0.504 e. The third kappa shape index (κ3) is 2.91. The molecule has 0 saturated heterocycles. The Bertz CT molecular complexity index is 498. The molecule has 0 unspecified atom stereocenters. The number of carbonyl (C=O) groups is 2. The van der Waals surface area contributed by atoms with Crippen LogP contribution in [-0.2, 0) is 4.79 Å². The van der Waals surface area contributed by atoms with E-state index >= 15 is 0 Å². The van der Waals surface area contributed by atoms with Gasteiger partial charge in [-0.3, -0.25) is 4.79 Å². The molecule has 0 aromatic heterocycles. The van der Waals surface area contributed by atoms with Crippen LogP contribution in [0.2, 0.25) is 0 Å². The summed E-state index contributed by atoms with van der Waals surface area (Å²) in [5, 5.41) is 27.6. The van der Waals surface area contributed by atoms with Gasteiger partial charge in [-0.2, -0.15) is 0 Å². The summed E-state index contributed by atoms with van der Waals surface area (Å²) in [5.41, 5.74) is -1.11. The monoisotopic (exact) mass is 254 g/mol.